The minimum Gasteiger partial charge on any atom is -0.341 e. The summed E-state index contributed by atoms with van der Waals surface area (Å²) in [7, 11) is 0. The SMILES string of the molecule is O=[N+]([O-])c1cccnc1N1CCCCC1c1nnc2n1CCCC2. The molecule has 0 amide bonds. The van der Waals surface area contributed by atoms with E-state index in [-0.39, 0.29) is 16.7 Å². The van der Waals surface area contributed by atoms with Crippen molar-refractivity contribution in [1.82, 2.24) is 19.7 Å². The van der Waals surface area contributed by atoms with Crippen molar-refractivity contribution < 1.29 is 4.92 Å². The van der Waals surface area contributed by atoms with Crippen LogP contribution < -0.4 is 4.90 Å². The highest BCUT2D eigenvalue weighted by Crippen LogP contribution is 2.37. The van der Waals surface area contributed by atoms with E-state index in [9.17, 15) is 10.1 Å². The average molecular weight is 328 g/mol. The predicted molar refractivity (Wildman–Crippen MR) is 87.8 cm³/mol. The first-order valence-electron chi connectivity index (χ1n) is 8.54. The van der Waals surface area contributed by atoms with Gasteiger partial charge in [-0.15, -0.1) is 10.2 Å². The Hall–Kier alpha value is -2.51. The van der Waals surface area contributed by atoms with E-state index in [0.717, 1.165) is 63.3 Å². The molecule has 0 bridgehead atoms. The molecule has 2 aromatic rings. The average Bonchev–Trinajstić information content (AvgIpc) is 3.05. The van der Waals surface area contributed by atoms with Crippen LogP contribution >= 0.6 is 0 Å². The van der Waals surface area contributed by atoms with E-state index in [1.165, 1.54) is 6.07 Å². The lowest BCUT2D eigenvalue weighted by Crippen LogP contribution is -2.36. The minimum absolute atomic E-state index is 0.00620. The Morgan fingerprint density at radius 1 is 1.17 bits per heavy atom. The van der Waals surface area contributed by atoms with Crippen LogP contribution in [0.15, 0.2) is 18.3 Å². The molecule has 8 nitrogen and oxygen atoms in total. The molecule has 1 atom stereocenters. The molecule has 126 valence electrons. The fourth-order valence-electron chi connectivity index (χ4n) is 3.78. The zero-order chi connectivity index (χ0) is 16.5. The van der Waals surface area contributed by atoms with Gasteiger partial charge in [0.2, 0.25) is 5.82 Å². The highest BCUT2D eigenvalue weighted by atomic mass is 16.6. The monoisotopic (exact) mass is 328 g/mol. The predicted octanol–water partition coefficient (Wildman–Crippen LogP) is 2.65. The van der Waals surface area contributed by atoms with Gasteiger partial charge in [-0.25, -0.2) is 4.98 Å². The molecule has 0 aliphatic carbocycles. The van der Waals surface area contributed by atoms with Gasteiger partial charge in [0.25, 0.3) is 0 Å². The number of fused-ring (bicyclic) bond motifs is 1. The van der Waals surface area contributed by atoms with Gasteiger partial charge in [0.15, 0.2) is 5.82 Å². The Morgan fingerprint density at radius 3 is 2.92 bits per heavy atom. The highest BCUT2D eigenvalue weighted by Gasteiger charge is 2.34. The van der Waals surface area contributed by atoms with E-state index in [1.54, 1.807) is 12.3 Å². The van der Waals surface area contributed by atoms with E-state index in [4.69, 9.17) is 0 Å². The first kappa shape index (κ1) is 15.0. The number of hydrogen-bond donors (Lipinski definition) is 0. The summed E-state index contributed by atoms with van der Waals surface area (Å²) in [5, 5.41) is 20.2. The molecular weight excluding hydrogens is 308 g/mol. The highest BCUT2D eigenvalue weighted by molar-refractivity contribution is 5.58. The lowest BCUT2D eigenvalue weighted by atomic mass is 10.0. The first-order chi connectivity index (χ1) is 11.8. The molecule has 0 spiro atoms. The molecule has 0 aromatic carbocycles. The Labute approximate surface area is 139 Å². The molecule has 0 saturated carbocycles. The smallest absolute Gasteiger partial charge is 0.311 e. The molecule has 4 rings (SSSR count). The number of nitro groups is 1. The molecule has 8 heteroatoms. The van der Waals surface area contributed by atoms with E-state index < -0.39 is 0 Å². The normalized spacial score (nSPS) is 20.7. The number of rotatable bonds is 3. The molecule has 1 unspecified atom stereocenters. The molecule has 0 radical (unpaired) electrons. The van der Waals surface area contributed by atoms with Crippen LogP contribution in [0.4, 0.5) is 11.5 Å². The lowest BCUT2D eigenvalue weighted by Gasteiger charge is -2.36. The van der Waals surface area contributed by atoms with Gasteiger partial charge < -0.3 is 9.47 Å². The molecule has 2 aliphatic heterocycles. The third-order valence-electron chi connectivity index (χ3n) is 4.92. The van der Waals surface area contributed by atoms with Crippen LogP contribution in [0.1, 0.15) is 49.8 Å². The maximum Gasteiger partial charge on any atom is 0.311 e. The van der Waals surface area contributed by atoms with Gasteiger partial charge in [-0.05, 0) is 38.2 Å². The molecule has 1 saturated heterocycles. The summed E-state index contributed by atoms with van der Waals surface area (Å²) in [4.78, 5) is 17.4. The van der Waals surface area contributed by atoms with Crippen LogP contribution in [0.2, 0.25) is 0 Å². The van der Waals surface area contributed by atoms with Crippen molar-refractivity contribution in [3.63, 3.8) is 0 Å². The van der Waals surface area contributed by atoms with Crippen LogP contribution in [0, 0.1) is 10.1 Å². The number of anilines is 1. The quantitative estimate of drug-likeness (QED) is 0.635. The molecule has 2 aliphatic rings. The summed E-state index contributed by atoms with van der Waals surface area (Å²) in [6.07, 6.45) is 7.88. The molecular formula is C16H20N6O2. The summed E-state index contributed by atoms with van der Waals surface area (Å²) < 4.78 is 2.21. The number of aromatic nitrogens is 4. The van der Waals surface area contributed by atoms with Crippen LogP contribution in [-0.2, 0) is 13.0 Å². The van der Waals surface area contributed by atoms with Crippen molar-refractivity contribution in [2.75, 3.05) is 11.4 Å². The van der Waals surface area contributed by atoms with E-state index >= 15 is 0 Å². The maximum absolute atomic E-state index is 11.4. The van der Waals surface area contributed by atoms with Crippen molar-refractivity contribution in [1.29, 1.82) is 0 Å². The fraction of sp³-hybridized carbons (Fsp3) is 0.562. The van der Waals surface area contributed by atoms with Crippen LogP contribution in [-0.4, -0.2) is 31.2 Å². The molecule has 0 N–H and O–H groups in total. The Kier molecular flexibility index (Phi) is 3.87. The third-order valence-corrected chi connectivity index (χ3v) is 4.92. The zero-order valence-electron chi connectivity index (χ0n) is 13.5. The number of nitrogens with zero attached hydrogens (tertiary/aromatic N) is 6. The summed E-state index contributed by atoms with van der Waals surface area (Å²) in [6.45, 7) is 1.69. The Balaban J connectivity index is 1.75. The zero-order valence-corrected chi connectivity index (χ0v) is 13.5. The van der Waals surface area contributed by atoms with Crippen LogP contribution in [0.25, 0.3) is 0 Å². The summed E-state index contributed by atoms with van der Waals surface area (Å²) >= 11 is 0. The fourth-order valence-corrected chi connectivity index (χ4v) is 3.78. The van der Waals surface area contributed by atoms with Crippen molar-refractivity contribution in [2.45, 2.75) is 51.1 Å². The second-order valence-corrected chi connectivity index (χ2v) is 6.39. The van der Waals surface area contributed by atoms with Crippen LogP contribution in [0.3, 0.4) is 0 Å². The largest absolute Gasteiger partial charge is 0.341 e. The van der Waals surface area contributed by atoms with Crippen LogP contribution in [0.5, 0.6) is 0 Å². The summed E-state index contributed by atoms with van der Waals surface area (Å²) in [6, 6.07) is 3.14. The minimum atomic E-state index is -0.354. The second-order valence-electron chi connectivity index (χ2n) is 6.39. The number of piperidine rings is 1. The van der Waals surface area contributed by atoms with E-state index in [0.29, 0.717) is 5.82 Å². The Morgan fingerprint density at radius 2 is 2.04 bits per heavy atom. The first-order valence-corrected chi connectivity index (χ1v) is 8.54. The van der Waals surface area contributed by atoms with Crippen molar-refractivity contribution >= 4 is 11.5 Å². The summed E-state index contributed by atoms with van der Waals surface area (Å²) in [5.41, 5.74) is 0.0581. The van der Waals surface area contributed by atoms with Gasteiger partial charge in [-0.3, -0.25) is 10.1 Å². The maximum atomic E-state index is 11.4. The number of pyridine rings is 1. The summed E-state index contributed by atoms with van der Waals surface area (Å²) in [5.74, 6) is 2.42. The van der Waals surface area contributed by atoms with Gasteiger partial charge in [0.1, 0.15) is 5.82 Å². The van der Waals surface area contributed by atoms with E-state index in [2.05, 4.69) is 19.7 Å². The molecule has 24 heavy (non-hydrogen) atoms. The standard InChI is InChI=1S/C16H20N6O2/c23-22(24)13-7-5-9-17-15(13)20-10-3-1-6-12(20)16-19-18-14-8-2-4-11-21(14)16/h5,7,9,12H,1-4,6,8,10-11H2. The second kappa shape index (κ2) is 6.18. The Bertz CT molecular complexity index is 759. The van der Waals surface area contributed by atoms with Gasteiger partial charge in [-0.2, -0.15) is 0 Å². The van der Waals surface area contributed by atoms with E-state index in [1.807, 2.05) is 4.90 Å². The van der Waals surface area contributed by atoms with Crippen molar-refractivity contribution in [2.24, 2.45) is 0 Å². The number of aryl methyl sites for hydroxylation is 1. The lowest BCUT2D eigenvalue weighted by molar-refractivity contribution is -0.384. The molecule has 1 fully saturated rings. The number of hydrogen-bond acceptors (Lipinski definition) is 6. The molecule has 4 heterocycles. The van der Waals surface area contributed by atoms with Gasteiger partial charge in [-0.1, -0.05) is 0 Å². The van der Waals surface area contributed by atoms with Gasteiger partial charge in [0, 0.05) is 31.8 Å². The van der Waals surface area contributed by atoms with Gasteiger partial charge >= 0.3 is 5.69 Å². The van der Waals surface area contributed by atoms with Gasteiger partial charge in [0.05, 0.1) is 11.0 Å². The molecule has 2 aromatic heterocycles. The van der Waals surface area contributed by atoms with Crippen molar-refractivity contribution in [3.05, 3.63) is 40.1 Å². The topological polar surface area (TPSA) is 90.0 Å². The third kappa shape index (κ3) is 2.51. The van der Waals surface area contributed by atoms with Crippen molar-refractivity contribution in [3.8, 4) is 0 Å².